The van der Waals surface area contributed by atoms with Gasteiger partial charge in [-0.2, -0.15) is 13.2 Å². The highest BCUT2D eigenvalue weighted by atomic mass is 79.9. The lowest BCUT2D eigenvalue weighted by Gasteiger charge is -2.44. The lowest BCUT2D eigenvalue weighted by atomic mass is 9.84. The second-order valence-corrected chi connectivity index (χ2v) is 13.4. The number of morpholine rings is 1. The topological polar surface area (TPSA) is 69.1 Å². The summed E-state index contributed by atoms with van der Waals surface area (Å²) in [6, 6.07) is 7.55. The number of esters is 1. The number of aromatic nitrogens is 2. The Hall–Kier alpha value is -2.67. The normalized spacial score (nSPS) is 18.8. The van der Waals surface area contributed by atoms with Crippen molar-refractivity contribution in [3.63, 3.8) is 0 Å². The van der Waals surface area contributed by atoms with Gasteiger partial charge in [-0.3, -0.25) is 14.7 Å². The molecule has 0 saturated carbocycles. The molecule has 0 spiro atoms. The zero-order chi connectivity index (χ0) is 31.8. The van der Waals surface area contributed by atoms with Crippen molar-refractivity contribution in [2.75, 3.05) is 58.0 Å². The number of anilines is 1. The number of carbonyl (C=O) groups excluding carboxylic acids is 1. The monoisotopic (exact) mass is 680 g/mol. The number of methoxy groups -OCH3 is 1. The summed E-state index contributed by atoms with van der Waals surface area (Å²) in [6.07, 6.45) is -2.80. The number of pyridine rings is 1. The van der Waals surface area contributed by atoms with Crippen LogP contribution in [-0.4, -0.2) is 85.7 Å². The predicted molar refractivity (Wildman–Crippen MR) is 167 cm³/mol. The Bertz CT molecular complexity index is 1510. The Morgan fingerprint density at radius 1 is 1.20 bits per heavy atom. The maximum atomic E-state index is 14.3. The van der Waals surface area contributed by atoms with Gasteiger partial charge in [0.05, 0.1) is 55.2 Å². The number of halogens is 4. The quantitative estimate of drug-likeness (QED) is 0.243. The summed E-state index contributed by atoms with van der Waals surface area (Å²) in [6.45, 7) is 10.7. The zero-order valence-corrected chi connectivity index (χ0v) is 27.4. The van der Waals surface area contributed by atoms with Gasteiger partial charge in [-0.15, -0.1) is 0 Å². The number of rotatable bonds is 9. The van der Waals surface area contributed by atoms with Crippen LogP contribution in [0.3, 0.4) is 0 Å². The Morgan fingerprint density at radius 2 is 1.98 bits per heavy atom. The highest BCUT2D eigenvalue weighted by Gasteiger charge is 2.35. The van der Waals surface area contributed by atoms with E-state index in [4.69, 9.17) is 19.2 Å². The van der Waals surface area contributed by atoms with E-state index in [-0.39, 0.29) is 12.6 Å². The van der Waals surface area contributed by atoms with Crippen molar-refractivity contribution >= 4 is 38.5 Å². The first-order valence-electron chi connectivity index (χ1n) is 14.9. The van der Waals surface area contributed by atoms with Gasteiger partial charge in [-0.25, -0.2) is 0 Å². The third-order valence-corrected chi connectivity index (χ3v) is 8.98. The second kappa shape index (κ2) is 13.0. The van der Waals surface area contributed by atoms with Gasteiger partial charge in [0, 0.05) is 66.6 Å². The molecular formula is C32H40BrF3N4O4. The summed E-state index contributed by atoms with van der Waals surface area (Å²) in [7, 11) is 1.57. The zero-order valence-electron chi connectivity index (χ0n) is 25.8. The van der Waals surface area contributed by atoms with Crippen LogP contribution < -0.4 is 4.90 Å². The predicted octanol–water partition coefficient (Wildman–Crippen LogP) is 6.39. The van der Waals surface area contributed by atoms with E-state index in [9.17, 15) is 18.0 Å². The first kappa shape index (κ1) is 32.7. The molecule has 2 aromatic heterocycles. The molecule has 2 saturated heterocycles. The molecule has 3 aromatic rings. The summed E-state index contributed by atoms with van der Waals surface area (Å²) < 4.78 is 61.8. The molecule has 12 heteroatoms. The molecule has 2 aliphatic rings. The molecule has 5 rings (SSSR count). The minimum Gasteiger partial charge on any atom is -0.465 e. The summed E-state index contributed by atoms with van der Waals surface area (Å²) >= 11 is 3.53. The van der Waals surface area contributed by atoms with Gasteiger partial charge >= 0.3 is 12.1 Å². The number of hydrogen-bond acceptors (Lipinski definition) is 7. The van der Waals surface area contributed by atoms with Crippen LogP contribution in [0.1, 0.15) is 45.1 Å². The number of hydrogen-bond donors (Lipinski definition) is 0. The third-order valence-electron chi connectivity index (χ3n) is 8.49. The van der Waals surface area contributed by atoms with Crippen LogP contribution in [0, 0.1) is 5.41 Å². The average molecular weight is 682 g/mol. The molecule has 1 unspecified atom stereocenters. The first-order chi connectivity index (χ1) is 20.8. The van der Waals surface area contributed by atoms with E-state index >= 15 is 0 Å². The molecule has 4 heterocycles. The molecule has 2 atom stereocenters. The average Bonchev–Trinajstić information content (AvgIpc) is 3.24. The van der Waals surface area contributed by atoms with Gasteiger partial charge in [0.1, 0.15) is 6.54 Å². The molecule has 8 nitrogen and oxygen atoms in total. The van der Waals surface area contributed by atoms with Gasteiger partial charge in [0.2, 0.25) is 0 Å². The van der Waals surface area contributed by atoms with E-state index in [0.29, 0.717) is 40.9 Å². The van der Waals surface area contributed by atoms with Crippen LogP contribution in [0.2, 0.25) is 0 Å². The minimum absolute atomic E-state index is 0.120. The summed E-state index contributed by atoms with van der Waals surface area (Å²) in [5, 5.41) is 0.698. The third kappa shape index (κ3) is 7.24. The lowest BCUT2D eigenvalue weighted by Crippen LogP contribution is -2.58. The number of nitrogens with zero attached hydrogens (tertiary/aromatic N) is 4. The number of benzene rings is 1. The molecule has 0 amide bonds. The fourth-order valence-electron chi connectivity index (χ4n) is 6.30. The summed E-state index contributed by atoms with van der Waals surface area (Å²) in [4.78, 5) is 21.2. The molecule has 0 N–H and O–H groups in total. The molecule has 44 heavy (non-hydrogen) atoms. The van der Waals surface area contributed by atoms with E-state index < -0.39 is 30.2 Å². The van der Waals surface area contributed by atoms with Crippen molar-refractivity contribution in [3.8, 4) is 11.3 Å². The molecule has 240 valence electrons. The highest BCUT2D eigenvalue weighted by Crippen LogP contribution is 2.43. The van der Waals surface area contributed by atoms with Crippen molar-refractivity contribution < 1.29 is 32.2 Å². The van der Waals surface area contributed by atoms with Crippen molar-refractivity contribution in [2.45, 2.75) is 59.0 Å². The Morgan fingerprint density at radius 3 is 2.68 bits per heavy atom. The molecule has 1 aromatic carbocycles. The number of piperazine rings is 1. The maximum Gasteiger partial charge on any atom is 0.406 e. The van der Waals surface area contributed by atoms with Crippen molar-refractivity contribution in [3.05, 3.63) is 46.2 Å². The smallest absolute Gasteiger partial charge is 0.406 e. The second-order valence-electron chi connectivity index (χ2n) is 12.5. The molecule has 0 bridgehead atoms. The fraction of sp³-hybridized carbons (Fsp3) is 0.562. The van der Waals surface area contributed by atoms with Crippen LogP contribution in [0.15, 0.2) is 34.9 Å². The van der Waals surface area contributed by atoms with Crippen LogP contribution in [0.25, 0.3) is 22.2 Å². The highest BCUT2D eigenvalue weighted by molar-refractivity contribution is 9.10. The molecule has 0 aliphatic carbocycles. The Kier molecular flexibility index (Phi) is 9.65. The molecule has 0 radical (unpaired) electrons. The van der Waals surface area contributed by atoms with Crippen LogP contribution in [0.5, 0.6) is 0 Å². The number of ether oxygens (including phenoxy) is 3. The van der Waals surface area contributed by atoms with Crippen LogP contribution in [-0.2, 0) is 32.0 Å². The van der Waals surface area contributed by atoms with Gasteiger partial charge in [0.15, 0.2) is 0 Å². The molecular weight excluding hydrogens is 641 g/mol. The van der Waals surface area contributed by atoms with E-state index in [1.54, 1.807) is 25.4 Å². The lowest BCUT2D eigenvalue weighted by molar-refractivity contribution is -0.144. The van der Waals surface area contributed by atoms with E-state index in [0.717, 1.165) is 48.5 Å². The standard InChI is InChI=1S/C32H40BrF3N4O4/c1-20(42-5)29-26(13-23(15-37-29)39-9-8-38-10-11-43-17-24(38)16-39)30-27(14-31(3,4)19-44-21(2)41)25-12-22(33)6-7-28(25)40(30)18-32(34,35)36/h6-7,12-13,15,20,24H,8-11,14,16-19H2,1-5H3/t20-,24?/m0/s1. The maximum absolute atomic E-state index is 14.3. The number of alkyl halides is 3. The van der Waals surface area contributed by atoms with E-state index in [1.165, 1.54) is 11.5 Å². The van der Waals surface area contributed by atoms with Gasteiger partial charge in [0.25, 0.3) is 0 Å². The first-order valence-corrected chi connectivity index (χ1v) is 15.7. The van der Waals surface area contributed by atoms with Gasteiger partial charge in [-0.1, -0.05) is 29.8 Å². The minimum atomic E-state index is -4.48. The van der Waals surface area contributed by atoms with Gasteiger partial charge < -0.3 is 23.7 Å². The fourth-order valence-corrected chi connectivity index (χ4v) is 6.66. The Labute approximate surface area is 264 Å². The largest absolute Gasteiger partial charge is 0.465 e. The van der Waals surface area contributed by atoms with E-state index in [1.807, 2.05) is 32.9 Å². The summed E-state index contributed by atoms with van der Waals surface area (Å²) in [5.74, 6) is -0.405. The van der Waals surface area contributed by atoms with Crippen molar-refractivity contribution in [2.24, 2.45) is 5.41 Å². The number of carbonyl (C=O) groups is 1. The van der Waals surface area contributed by atoms with Crippen molar-refractivity contribution in [1.82, 2.24) is 14.5 Å². The van der Waals surface area contributed by atoms with E-state index in [2.05, 4.69) is 25.7 Å². The van der Waals surface area contributed by atoms with Gasteiger partial charge in [-0.05, 0) is 43.2 Å². The molecule has 2 fully saturated rings. The van der Waals surface area contributed by atoms with Crippen LogP contribution in [0.4, 0.5) is 18.9 Å². The SMILES string of the molecule is CO[C@@H](C)c1ncc(N2CCN3CCOCC3C2)cc1-c1c(CC(C)(C)COC(C)=O)c2cc(Br)ccc2n1CC(F)(F)F. The van der Waals surface area contributed by atoms with Crippen molar-refractivity contribution in [1.29, 1.82) is 0 Å². The molecule has 2 aliphatic heterocycles. The number of fused-ring (bicyclic) bond motifs is 2. The Balaban J connectivity index is 1.72. The van der Waals surface area contributed by atoms with Crippen LogP contribution >= 0.6 is 15.9 Å². The summed E-state index contributed by atoms with van der Waals surface area (Å²) in [5.41, 5.74) is 3.06.